The highest BCUT2D eigenvalue weighted by atomic mass is 19.1. The maximum absolute atomic E-state index is 13.7. The number of hydrogen-bond donors (Lipinski definition) is 0. The maximum atomic E-state index is 13.7. The Kier molecular flexibility index (Phi) is 3.67. The molecule has 0 atom stereocenters. The molecule has 3 aromatic carbocycles. The Balaban J connectivity index is 2.08. The molecule has 4 heteroatoms. The van der Waals surface area contributed by atoms with Crippen LogP contribution >= 0.6 is 0 Å². The average Bonchev–Trinajstić information content (AvgIpc) is 2.48. The molecule has 0 fully saturated rings. The van der Waals surface area contributed by atoms with Gasteiger partial charge in [0.1, 0.15) is 23.3 Å². The van der Waals surface area contributed by atoms with Crippen LogP contribution < -0.4 is 0 Å². The van der Waals surface area contributed by atoms with E-state index < -0.39 is 23.3 Å². The van der Waals surface area contributed by atoms with E-state index in [4.69, 9.17) is 0 Å². The van der Waals surface area contributed by atoms with E-state index in [9.17, 15) is 17.6 Å². The van der Waals surface area contributed by atoms with E-state index in [1.807, 2.05) is 0 Å². The first-order valence-corrected chi connectivity index (χ1v) is 6.57. The van der Waals surface area contributed by atoms with E-state index in [0.717, 1.165) is 24.3 Å². The van der Waals surface area contributed by atoms with Crippen molar-refractivity contribution >= 4 is 0 Å². The molecule has 0 aliphatic heterocycles. The number of rotatable bonds is 2. The van der Waals surface area contributed by atoms with Crippen molar-refractivity contribution in [1.82, 2.24) is 0 Å². The third kappa shape index (κ3) is 2.48. The predicted molar refractivity (Wildman–Crippen MR) is 77.1 cm³/mol. The molecule has 22 heavy (non-hydrogen) atoms. The van der Waals surface area contributed by atoms with E-state index >= 15 is 0 Å². The highest BCUT2D eigenvalue weighted by Crippen LogP contribution is 2.30. The zero-order valence-corrected chi connectivity index (χ0v) is 11.3. The van der Waals surface area contributed by atoms with Crippen LogP contribution in [-0.2, 0) is 0 Å². The summed E-state index contributed by atoms with van der Waals surface area (Å²) in [6.07, 6.45) is 0. The monoisotopic (exact) mass is 302 g/mol. The fourth-order valence-corrected chi connectivity index (χ4v) is 2.35. The zero-order valence-electron chi connectivity index (χ0n) is 11.3. The van der Waals surface area contributed by atoms with Gasteiger partial charge < -0.3 is 0 Å². The summed E-state index contributed by atoms with van der Waals surface area (Å²) in [4.78, 5) is 0. The first kappa shape index (κ1) is 14.3. The summed E-state index contributed by atoms with van der Waals surface area (Å²) in [5, 5.41) is 0. The summed E-state index contributed by atoms with van der Waals surface area (Å²) < 4.78 is 54.9. The molecule has 0 spiro atoms. The second-order valence-corrected chi connectivity index (χ2v) is 4.77. The van der Waals surface area contributed by atoms with Crippen LogP contribution in [0.1, 0.15) is 0 Å². The molecule has 0 aromatic heterocycles. The normalized spacial score (nSPS) is 10.7. The fraction of sp³-hybridized carbons (Fsp3) is 0. The summed E-state index contributed by atoms with van der Waals surface area (Å²) in [6.45, 7) is 0. The quantitative estimate of drug-likeness (QED) is 0.542. The number of hydrogen-bond acceptors (Lipinski definition) is 0. The van der Waals surface area contributed by atoms with E-state index in [1.54, 1.807) is 0 Å². The molecule has 0 saturated carbocycles. The van der Waals surface area contributed by atoms with Gasteiger partial charge in [-0.2, -0.15) is 0 Å². The number of halogens is 4. The molecule has 0 unspecified atom stereocenters. The van der Waals surface area contributed by atoms with Crippen LogP contribution in [0.15, 0.2) is 60.7 Å². The smallest absolute Gasteiger partial charge is 0.133 e. The van der Waals surface area contributed by atoms with Gasteiger partial charge in [-0.1, -0.05) is 36.4 Å². The van der Waals surface area contributed by atoms with Gasteiger partial charge in [0.15, 0.2) is 0 Å². The van der Waals surface area contributed by atoms with Crippen LogP contribution in [0.2, 0.25) is 0 Å². The van der Waals surface area contributed by atoms with Gasteiger partial charge in [-0.25, -0.2) is 17.6 Å². The molecule has 110 valence electrons. The Morgan fingerprint density at radius 2 is 0.682 bits per heavy atom. The van der Waals surface area contributed by atoms with Gasteiger partial charge >= 0.3 is 0 Å². The lowest BCUT2D eigenvalue weighted by Crippen LogP contribution is -1.92. The van der Waals surface area contributed by atoms with Crippen molar-refractivity contribution in [3.05, 3.63) is 83.9 Å². The van der Waals surface area contributed by atoms with E-state index in [0.29, 0.717) is 11.1 Å². The Hall–Kier alpha value is -2.62. The van der Waals surface area contributed by atoms with Crippen LogP contribution in [0.5, 0.6) is 0 Å². The molecule has 0 saturated heterocycles. The molecule has 0 bridgehead atoms. The molecule has 0 aliphatic carbocycles. The second kappa shape index (κ2) is 5.64. The summed E-state index contributed by atoms with van der Waals surface area (Å²) in [5.41, 5.74) is 0.276. The maximum Gasteiger partial charge on any atom is 0.133 e. The van der Waals surface area contributed by atoms with E-state index in [1.165, 1.54) is 36.4 Å². The highest BCUT2D eigenvalue weighted by Gasteiger charge is 2.13. The minimum Gasteiger partial charge on any atom is -0.206 e. The average molecular weight is 302 g/mol. The Bertz CT molecular complexity index is 712. The van der Waals surface area contributed by atoms with E-state index in [2.05, 4.69) is 0 Å². The summed E-state index contributed by atoms with van der Waals surface area (Å²) in [5.74, 6) is -2.76. The molecule has 0 N–H and O–H groups in total. The van der Waals surface area contributed by atoms with Gasteiger partial charge in [0, 0.05) is 0 Å². The van der Waals surface area contributed by atoms with Crippen molar-refractivity contribution in [2.45, 2.75) is 0 Å². The first-order chi connectivity index (χ1) is 10.6. The summed E-state index contributed by atoms with van der Waals surface area (Å²) in [7, 11) is 0. The summed E-state index contributed by atoms with van der Waals surface area (Å²) >= 11 is 0. The Morgan fingerprint density at radius 3 is 0.955 bits per heavy atom. The van der Waals surface area contributed by atoms with Gasteiger partial charge in [-0.15, -0.1) is 0 Å². The topological polar surface area (TPSA) is 0 Å². The zero-order chi connectivity index (χ0) is 15.7. The molecule has 0 amide bonds. The third-order valence-corrected chi connectivity index (χ3v) is 3.39. The van der Waals surface area contributed by atoms with Gasteiger partial charge in [-0.05, 0) is 35.4 Å². The minimum absolute atomic E-state index is 0.164. The van der Waals surface area contributed by atoms with Crippen molar-refractivity contribution in [3.63, 3.8) is 0 Å². The lowest BCUT2D eigenvalue weighted by Gasteiger charge is -2.08. The lowest BCUT2D eigenvalue weighted by molar-refractivity contribution is 0.588. The van der Waals surface area contributed by atoms with Gasteiger partial charge in [0.25, 0.3) is 0 Å². The van der Waals surface area contributed by atoms with Gasteiger partial charge in [0.2, 0.25) is 0 Å². The van der Waals surface area contributed by atoms with Gasteiger partial charge in [-0.3, -0.25) is 0 Å². The largest absolute Gasteiger partial charge is 0.206 e. The van der Waals surface area contributed by atoms with E-state index in [-0.39, 0.29) is 11.1 Å². The molecule has 0 radical (unpaired) electrons. The van der Waals surface area contributed by atoms with Crippen LogP contribution in [0.25, 0.3) is 22.3 Å². The molecule has 0 heterocycles. The van der Waals surface area contributed by atoms with Crippen molar-refractivity contribution in [2.24, 2.45) is 0 Å². The van der Waals surface area contributed by atoms with Crippen LogP contribution in [0, 0.1) is 23.3 Å². The number of benzene rings is 3. The van der Waals surface area contributed by atoms with Crippen molar-refractivity contribution in [1.29, 1.82) is 0 Å². The Labute approximate surface area is 124 Å². The second-order valence-electron chi connectivity index (χ2n) is 4.77. The van der Waals surface area contributed by atoms with Crippen LogP contribution in [0.3, 0.4) is 0 Å². The SMILES string of the molecule is Fc1cccc(F)c1-c1ccc(-c2c(F)cccc2F)cc1. The lowest BCUT2D eigenvalue weighted by atomic mass is 9.99. The van der Waals surface area contributed by atoms with Crippen molar-refractivity contribution in [3.8, 4) is 22.3 Å². The third-order valence-electron chi connectivity index (χ3n) is 3.39. The first-order valence-electron chi connectivity index (χ1n) is 6.57. The molecule has 0 aliphatic rings. The van der Waals surface area contributed by atoms with Crippen molar-refractivity contribution < 1.29 is 17.6 Å². The van der Waals surface area contributed by atoms with Crippen LogP contribution in [-0.4, -0.2) is 0 Å². The van der Waals surface area contributed by atoms with Crippen molar-refractivity contribution in [2.75, 3.05) is 0 Å². The highest BCUT2D eigenvalue weighted by molar-refractivity contribution is 5.71. The molecule has 0 nitrogen and oxygen atoms in total. The predicted octanol–water partition coefficient (Wildman–Crippen LogP) is 5.58. The fourth-order valence-electron chi connectivity index (χ4n) is 2.35. The molecule has 3 aromatic rings. The Morgan fingerprint density at radius 1 is 0.409 bits per heavy atom. The molecular weight excluding hydrogens is 292 g/mol. The summed E-state index contributed by atoms with van der Waals surface area (Å²) in [6, 6.07) is 12.9. The molecular formula is C18H10F4. The van der Waals surface area contributed by atoms with Crippen LogP contribution in [0.4, 0.5) is 17.6 Å². The van der Waals surface area contributed by atoms with Gasteiger partial charge in [0.05, 0.1) is 11.1 Å². The molecule has 3 rings (SSSR count). The standard InChI is InChI=1S/C18H10F4/c19-13-3-1-4-14(20)17(13)11-7-9-12(10-8-11)18-15(21)5-2-6-16(18)22/h1-10H. The minimum atomic E-state index is -0.690.